The Balaban J connectivity index is 1.37. The number of carbonyl (C=O) groups is 1. The predicted octanol–water partition coefficient (Wildman–Crippen LogP) is 9.76. The fraction of sp³-hybridized carbons (Fsp3) is 0.387. The van der Waals surface area contributed by atoms with E-state index in [2.05, 4.69) is 17.2 Å². The van der Waals surface area contributed by atoms with E-state index in [0.717, 1.165) is 12.8 Å². The lowest BCUT2D eigenvalue weighted by molar-refractivity contribution is 0.0735. The zero-order valence-electron chi connectivity index (χ0n) is 21.7. The molecule has 0 saturated carbocycles. The van der Waals surface area contributed by atoms with Gasteiger partial charge in [0.1, 0.15) is 5.75 Å². The Morgan fingerprint density at radius 2 is 1.32 bits per heavy atom. The lowest BCUT2D eigenvalue weighted by atomic mass is 10.1. The van der Waals surface area contributed by atoms with Gasteiger partial charge in [-0.2, -0.15) is 10.2 Å². The van der Waals surface area contributed by atoms with Crippen LogP contribution in [0.4, 0.5) is 15.8 Å². The first-order valence-electron chi connectivity index (χ1n) is 13.4. The summed E-state index contributed by atoms with van der Waals surface area (Å²) in [5, 5.41) is 8.22. The van der Waals surface area contributed by atoms with Crippen molar-refractivity contribution in [1.82, 2.24) is 0 Å². The van der Waals surface area contributed by atoms with Crippen LogP contribution in [0.15, 0.2) is 83.0 Å². The minimum atomic E-state index is -0.456. The quantitative estimate of drug-likeness (QED) is 0.0844. The maximum absolute atomic E-state index is 14.4. The predicted molar refractivity (Wildman–Crippen MR) is 146 cm³/mol. The highest BCUT2D eigenvalue weighted by atomic mass is 19.1. The van der Waals surface area contributed by atoms with Crippen molar-refractivity contribution in [3.63, 3.8) is 0 Å². The summed E-state index contributed by atoms with van der Waals surface area (Å²) in [6.07, 6.45) is 12.5. The minimum absolute atomic E-state index is 0.233. The van der Waals surface area contributed by atoms with Gasteiger partial charge in [-0.05, 0) is 55.0 Å². The number of azo groups is 1. The molecular weight excluding hydrogens is 467 g/mol. The summed E-state index contributed by atoms with van der Waals surface area (Å²) in [5.41, 5.74) is 1.33. The Bertz CT molecular complexity index is 1100. The molecule has 0 unspecified atom stereocenters. The monoisotopic (exact) mass is 504 g/mol. The standard InChI is InChI=1S/C31H37FN2O3/c1-2-3-4-5-6-7-8-9-10-14-23-36-30-22-21-27(24-29(30)32)34-33-26-19-17-25(18-20-26)31(35)37-28-15-12-11-13-16-28/h11-13,15-22,24H,2-10,14,23H2,1H3. The minimum Gasteiger partial charge on any atom is -0.491 e. The van der Waals surface area contributed by atoms with E-state index >= 15 is 0 Å². The lowest BCUT2D eigenvalue weighted by Gasteiger charge is -2.07. The fourth-order valence-electron chi connectivity index (χ4n) is 3.87. The molecule has 3 rings (SSSR count). The number of hydrogen-bond acceptors (Lipinski definition) is 5. The van der Waals surface area contributed by atoms with Gasteiger partial charge < -0.3 is 9.47 Å². The highest BCUT2D eigenvalue weighted by Gasteiger charge is 2.08. The van der Waals surface area contributed by atoms with Crippen molar-refractivity contribution in [2.75, 3.05) is 6.61 Å². The van der Waals surface area contributed by atoms with E-state index in [1.165, 1.54) is 57.4 Å². The van der Waals surface area contributed by atoms with E-state index in [4.69, 9.17) is 9.47 Å². The van der Waals surface area contributed by atoms with Crippen LogP contribution >= 0.6 is 0 Å². The van der Waals surface area contributed by atoms with E-state index in [1.54, 1.807) is 60.7 Å². The first-order valence-corrected chi connectivity index (χ1v) is 13.4. The summed E-state index contributed by atoms with van der Waals surface area (Å²) < 4.78 is 25.4. The maximum Gasteiger partial charge on any atom is 0.343 e. The molecule has 37 heavy (non-hydrogen) atoms. The third kappa shape index (κ3) is 10.5. The van der Waals surface area contributed by atoms with E-state index in [1.807, 2.05) is 6.07 Å². The van der Waals surface area contributed by atoms with Crippen LogP contribution in [-0.4, -0.2) is 12.6 Å². The third-order valence-corrected chi connectivity index (χ3v) is 6.01. The molecule has 3 aromatic carbocycles. The zero-order valence-corrected chi connectivity index (χ0v) is 21.7. The largest absolute Gasteiger partial charge is 0.491 e. The highest BCUT2D eigenvalue weighted by Crippen LogP contribution is 2.25. The van der Waals surface area contributed by atoms with Crippen molar-refractivity contribution in [2.24, 2.45) is 10.2 Å². The lowest BCUT2D eigenvalue weighted by Crippen LogP contribution is -2.07. The number of ether oxygens (including phenoxy) is 2. The average molecular weight is 505 g/mol. The number of halogens is 1. The third-order valence-electron chi connectivity index (χ3n) is 6.01. The second-order valence-corrected chi connectivity index (χ2v) is 9.09. The molecule has 0 saturated heterocycles. The van der Waals surface area contributed by atoms with Crippen molar-refractivity contribution >= 4 is 17.3 Å². The molecule has 0 aliphatic heterocycles. The van der Waals surface area contributed by atoms with Crippen molar-refractivity contribution < 1.29 is 18.7 Å². The van der Waals surface area contributed by atoms with Gasteiger partial charge in [0.05, 0.1) is 23.5 Å². The summed E-state index contributed by atoms with van der Waals surface area (Å²) in [6, 6.07) is 20.0. The van der Waals surface area contributed by atoms with Gasteiger partial charge in [0.2, 0.25) is 0 Å². The van der Waals surface area contributed by atoms with E-state index in [-0.39, 0.29) is 5.75 Å². The molecule has 0 heterocycles. The topological polar surface area (TPSA) is 60.2 Å². The number of para-hydroxylation sites is 1. The number of benzene rings is 3. The van der Waals surface area contributed by atoms with Crippen LogP contribution in [0.2, 0.25) is 0 Å². The molecule has 3 aromatic rings. The highest BCUT2D eigenvalue weighted by molar-refractivity contribution is 5.91. The van der Waals surface area contributed by atoms with E-state index in [9.17, 15) is 9.18 Å². The van der Waals surface area contributed by atoms with Gasteiger partial charge in [-0.3, -0.25) is 0 Å². The first kappa shape index (κ1) is 28.0. The number of carbonyl (C=O) groups excluding carboxylic acids is 1. The van der Waals surface area contributed by atoms with Crippen LogP contribution in [-0.2, 0) is 0 Å². The molecule has 5 nitrogen and oxygen atoms in total. The second-order valence-electron chi connectivity index (χ2n) is 9.09. The van der Waals surface area contributed by atoms with Gasteiger partial charge in [-0.15, -0.1) is 0 Å². The molecule has 196 valence electrons. The Labute approximate surface area is 219 Å². The molecule has 0 amide bonds. The van der Waals surface area contributed by atoms with Crippen LogP contribution in [0.1, 0.15) is 81.5 Å². The van der Waals surface area contributed by atoms with Crippen LogP contribution in [0, 0.1) is 5.82 Å². The van der Waals surface area contributed by atoms with Crippen molar-refractivity contribution in [1.29, 1.82) is 0 Å². The van der Waals surface area contributed by atoms with E-state index in [0.29, 0.717) is 29.3 Å². The molecule has 0 bridgehead atoms. The Kier molecular flexibility index (Phi) is 12.3. The van der Waals surface area contributed by atoms with Gasteiger partial charge in [-0.1, -0.05) is 82.9 Å². The molecule has 0 atom stereocenters. The maximum atomic E-state index is 14.4. The summed E-state index contributed by atoms with van der Waals surface area (Å²) in [4.78, 5) is 12.2. The summed E-state index contributed by atoms with van der Waals surface area (Å²) >= 11 is 0. The normalized spacial score (nSPS) is 11.1. The van der Waals surface area contributed by atoms with Gasteiger partial charge in [0.25, 0.3) is 0 Å². The van der Waals surface area contributed by atoms with Gasteiger partial charge >= 0.3 is 5.97 Å². The molecular formula is C31H37FN2O3. The number of rotatable bonds is 16. The molecule has 0 aromatic heterocycles. The van der Waals surface area contributed by atoms with Crippen molar-refractivity contribution in [3.05, 3.63) is 84.2 Å². The van der Waals surface area contributed by atoms with Gasteiger partial charge in [0, 0.05) is 6.07 Å². The number of nitrogens with zero attached hydrogens (tertiary/aromatic N) is 2. The van der Waals surface area contributed by atoms with Crippen LogP contribution in [0.3, 0.4) is 0 Å². The van der Waals surface area contributed by atoms with Crippen molar-refractivity contribution in [3.8, 4) is 11.5 Å². The SMILES string of the molecule is CCCCCCCCCCCCOc1ccc(N=Nc2ccc(C(=O)Oc3ccccc3)cc2)cc1F. The molecule has 0 spiro atoms. The summed E-state index contributed by atoms with van der Waals surface area (Å²) in [5.74, 6) is -0.196. The molecule has 0 N–H and O–H groups in total. The molecule has 0 aliphatic carbocycles. The van der Waals surface area contributed by atoms with Crippen LogP contribution in [0.25, 0.3) is 0 Å². The smallest absolute Gasteiger partial charge is 0.343 e. The first-order chi connectivity index (χ1) is 18.2. The zero-order chi connectivity index (χ0) is 26.1. The summed E-state index contributed by atoms with van der Waals surface area (Å²) in [7, 11) is 0. The number of hydrogen-bond donors (Lipinski definition) is 0. The van der Waals surface area contributed by atoms with Crippen LogP contribution in [0.5, 0.6) is 11.5 Å². The average Bonchev–Trinajstić information content (AvgIpc) is 2.92. The van der Waals surface area contributed by atoms with E-state index < -0.39 is 11.8 Å². The summed E-state index contributed by atoms with van der Waals surface area (Å²) in [6.45, 7) is 2.75. The Morgan fingerprint density at radius 1 is 0.730 bits per heavy atom. The second kappa shape index (κ2) is 16.3. The molecule has 0 aliphatic rings. The Hall–Kier alpha value is -3.54. The molecule has 0 fully saturated rings. The molecule has 0 radical (unpaired) electrons. The number of unbranched alkanes of at least 4 members (excludes halogenated alkanes) is 9. The molecule has 6 heteroatoms. The van der Waals surface area contributed by atoms with Gasteiger partial charge in [-0.25, -0.2) is 9.18 Å². The van der Waals surface area contributed by atoms with Gasteiger partial charge in [0.15, 0.2) is 11.6 Å². The Morgan fingerprint density at radius 3 is 1.97 bits per heavy atom. The van der Waals surface area contributed by atoms with Crippen molar-refractivity contribution in [2.45, 2.75) is 71.1 Å². The van der Waals surface area contributed by atoms with Crippen LogP contribution < -0.4 is 9.47 Å². The number of esters is 1. The fourth-order valence-corrected chi connectivity index (χ4v) is 3.87.